The van der Waals surface area contributed by atoms with E-state index in [0.29, 0.717) is 5.69 Å². The molecular weight excluding hydrogens is 309 g/mol. The molecule has 0 aliphatic carbocycles. The zero-order valence-corrected chi connectivity index (χ0v) is 11.6. The van der Waals surface area contributed by atoms with Crippen molar-refractivity contribution in [3.8, 4) is 11.4 Å². The first-order valence-corrected chi connectivity index (χ1v) is 6.83. The molecule has 4 rings (SSSR count). The molecule has 0 bridgehead atoms. The van der Waals surface area contributed by atoms with E-state index in [0.717, 1.165) is 4.57 Å². The molecule has 0 atom stereocenters. The number of rotatable bonds is 1. The summed E-state index contributed by atoms with van der Waals surface area (Å²) in [6, 6.07) is 9.12. The average molecular weight is 318 g/mol. The molecule has 0 saturated heterocycles. The molecule has 0 unspecified atom stereocenters. The molecule has 0 saturated carbocycles. The highest BCUT2D eigenvalue weighted by molar-refractivity contribution is 6.10. The van der Waals surface area contributed by atoms with Crippen LogP contribution in [0.3, 0.4) is 0 Å². The fourth-order valence-corrected chi connectivity index (χ4v) is 3.08. The Morgan fingerprint density at radius 3 is 2.48 bits per heavy atom. The third-order valence-corrected chi connectivity index (χ3v) is 3.93. The van der Waals surface area contributed by atoms with Crippen LogP contribution < -0.4 is 5.43 Å². The average Bonchev–Trinajstić information content (AvgIpc) is 3.05. The number of pyridine rings is 1. The number of carbonyl (C=O) groups is 1. The molecule has 7 heteroatoms. The highest BCUT2D eigenvalue weighted by Gasteiger charge is 2.36. The number of para-hydroxylation sites is 1. The van der Waals surface area contributed by atoms with Gasteiger partial charge < -0.3 is 4.57 Å². The predicted octanol–water partition coefficient (Wildman–Crippen LogP) is 3.03. The van der Waals surface area contributed by atoms with Gasteiger partial charge in [-0.1, -0.05) is 12.1 Å². The van der Waals surface area contributed by atoms with Crippen LogP contribution in [0.5, 0.6) is 0 Å². The van der Waals surface area contributed by atoms with E-state index in [2.05, 4.69) is 0 Å². The lowest BCUT2D eigenvalue weighted by Crippen LogP contribution is -2.24. The molecule has 116 valence electrons. The van der Waals surface area contributed by atoms with Gasteiger partial charge in [0.05, 0.1) is 16.9 Å². The maximum atomic E-state index is 13.0. The molecule has 4 nitrogen and oxygen atoms in total. The molecule has 2 aromatic heterocycles. The monoisotopic (exact) mass is 318 g/mol. The lowest BCUT2D eigenvalue weighted by atomic mass is 10.1. The van der Waals surface area contributed by atoms with Crippen LogP contribution in [0.4, 0.5) is 13.2 Å². The van der Waals surface area contributed by atoms with Gasteiger partial charge in [-0.15, -0.1) is 0 Å². The van der Waals surface area contributed by atoms with Gasteiger partial charge in [0.1, 0.15) is 12.1 Å². The Balaban J connectivity index is 2.20. The fraction of sp³-hybridized carbons (Fsp3) is 0.125. The Labute approximate surface area is 127 Å². The second-order valence-electron chi connectivity index (χ2n) is 5.34. The summed E-state index contributed by atoms with van der Waals surface area (Å²) in [7, 11) is 0. The topological polar surface area (TPSA) is 44.0 Å². The SMILES string of the molecule is O=C1c2c(n(CC(F)(F)F)c3ccccc3c2=O)-c2cccn21. The van der Waals surface area contributed by atoms with Crippen molar-refractivity contribution >= 4 is 16.8 Å². The number of halogens is 3. The van der Waals surface area contributed by atoms with E-state index < -0.39 is 24.1 Å². The van der Waals surface area contributed by atoms with Crippen molar-refractivity contribution in [2.75, 3.05) is 0 Å². The van der Waals surface area contributed by atoms with E-state index in [1.54, 1.807) is 18.2 Å². The highest BCUT2D eigenvalue weighted by atomic mass is 19.4. The molecule has 0 fully saturated rings. The largest absolute Gasteiger partial charge is 0.406 e. The van der Waals surface area contributed by atoms with Gasteiger partial charge in [-0.2, -0.15) is 13.2 Å². The van der Waals surface area contributed by atoms with Crippen LogP contribution in [0, 0.1) is 0 Å². The predicted molar refractivity (Wildman–Crippen MR) is 77.4 cm³/mol. The lowest BCUT2D eigenvalue weighted by Gasteiger charge is -2.17. The first-order chi connectivity index (χ1) is 10.9. The first-order valence-electron chi connectivity index (χ1n) is 6.83. The second-order valence-corrected chi connectivity index (χ2v) is 5.34. The summed E-state index contributed by atoms with van der Waals surface area (Å²) in [5, 5.41) is 0.106. The van der Waals surface area contributed by atoms with E-state index in [1.165, 1.54) is 29.0 Å². The van der Waals surface area contributed by atoms with Crippen molar-refractivity contribution in [3.05, 3.63) is 58.4 Å². The number of nitrogens with zero attached hydrogens (tertiary/aromatic N) is 2. The van der Waals surface area contributed by atoms with Gasteiger partial charge >= 0.3 is 6.18 Å². The number of benzene rings is 1. The molecule has 1 aliphatic rings. The Bertz CT molecular complexity index is 1030. The summed E-state index contributed by atoms with van der Waals surface area (Å²) in [4.78, 5) is 25.0. The van der Waals surface area contributed by atoms with E-state index in [-0.39, 0.29) is 22.2 Å². The molecule has 0 N–H and O–H groups in total. The van der Waals surface area contributed by atoms with Crippen molar-refractivity contribution in [3.63, 3.8) is 0 Å². The number of carbonyl (C=O) groups excluding carboxylic acids is 1. The number of hydrogen-bond donors (Lipinski definition) is 0. The minimum Gasteiger partial charge on any atom is -0.329 e. The molecular formula is C16H9F3N2O2. The maximum Gasteiger partial charge on any atom is 0.406 e. The number of hydrogen-bond acceptors (Lipinski definition) is 2. The highest BCUT2D eigenvalue weighted by Crippen LogP contribution is 2.34. The summed E-state index contributed by atoms with van der Waals surface area (Å²) in [5.41, 5.74) is -0.250. The minimum atomic E-state index is -4.48. The van der Waals surface area contributed by atoms with Crippen LogP contribution >= 0.6 is 0 Å². The zero-order valence-electron chi connectivity index (χ0n) is 11.6. The van der Waals surface area contributed by atoms with Crippen LogP contribution in [0.25, 0.3) is 22.3 Å². The normalized spacial score (nSPS) is 13.4. The summed E-state index contributed by atoms with van der Waals surface area (Å²) in [6.07, 6.45) is -3.03. The van der Waals surface area contributed by atoms with Gasteiger partial charge in [0.2, 0.25) is 5.43 Å². The molecule has 1 aromatic carbocycles. The summed E-state index contributed by atoms with van der Waals surface area (Å²) in [6.45, 7) is -1.27. The van der Waals surface area contributed by atoms with E-state index >= 15 is 0 Å². The Kier molecular flexibility index (Phi) is 2.61. The van der Waals surface area contributed by atoms with Gasteiger partial charge in [0.15, 0.2) is 0 Å². The standard InChI is InChI=1S/C16H9F3N2O2/c17-16(18,19)8-21-10-5-2-1-4-9(10)14(22)12-13(21)11-6-3-7-20(11)15(12)23/h1-7H,8H2. The third-order valence-electron chi connectivity index (χ3n) is 3.93. The minimum absolute atomic E-state index is 0.0287. The van der Waals surface area contributed by atoms with E-state index in [4.69, 9.17) is 0 Å². The quantitative estimate of drug-likeness (QED) is 0.541. The van der Waals surface area contributed by atoms with Gasteiger partial charge in [0, 0.05) is 11.6 Å². The van der Waals surface area contributed by atoms with Crippen molar-refractivity contribution in [2.24, 2.45) is 0 Å². The van der Waals surface area contributed by atoms with Crippen LogP contribution in [-0.4, -0.2) is 21.2 Å². The molecule has 0 amide bonds. The Morgan fingerprint density at radius 2 is 1.74 bits per heavy atom. The van der Waals surface area contributed by atoms with Crippen molar-refractivity contribution < 1.29 is 18.0 Å². The van der Waals surface area contributed by atoms with E-state index in [9.17, 15) is 22.8 Å². The molecule has 23 heavy (non-hydrogen) atoms. The summed E-state index contributed by atoms with van der Waals surface area (Å²) in [5.74, 6) is -0.591. The molecule has 3 aromatic rings. The maximum absolute atomic E-state index is 13.0. The molecule has 3 heterocycles. The fourth-order valence-electron chi connectivity index (χ4n) is 3.08. The van der Waals surface area contributed by atoms with Crippen LogP contribution in [0.1, 0.15) is 10.4 Å². The van der Waals surface area contributed by atoms with Gasteiger partial charge in [0.25, 0.3) is 5.91 Å². The molecule has 1 aliphatic heterocycles. The lowest BCUT2D eigenvalue weighted by molar-refractivity contribution is -0.139. The zero-order chi connectivity index (χ0) is 16.4. The Hall–Kier alpha value is -2.83. The molecule has 0 spiro atoms. The summed E-state index contributed by atoms with van der Waals surface area (Å²) < 4.78 is 41.3. The first kappa shape index (κ1) is 13.8. The Morgan fingerprint density at radius 1 is 1.00 bits per heavy atom. The van der Waals surface area contributed by atoms with Crippen LogP contribution in [-0.2, 0) is 6.54 Å². The third kappa shape index (κ3) is 1.86. The van der Waals surface area contributed by atoms with Crippen molar-refractivity contribution in [2.45, 2.75) is 12.7 Å². The molecule has 0 radical (unpaired) electrons. The van der Waals surface area contributed by atoms with Crippen molar-refractivity contribution in [1.82, 2.24) is 9.13 Å². The van der Waals surface area contributed by atoms with Crippen LogP contribution in [0.15, 0.2) is 47.4 Å². The number of fused-ring (bicyclic) bond motifs is 4. The van der Waals surface area contributed by atoms with Gasteiger partial charge in [-0.25, -0.2) is 0 Å². The summed E-state index contributed by atoms with van der Waals surface area (Å²) >= 11 is 0. The van der Waals surface area contributed by atoms with Gasteiger partial charge in [-0.3, -0.25) is 14.2 Å². The number of alkyl halides is 3. The van der Waals surface area contributed by atoms with Gasteiger partial charge in [-0.05, 0) is 24.3 Å². The second kappa shape index (κ2) is 4.34. The number of aromatic nitrogens is 2. The van der Waals surface area contributed by atoms with E-state index in [1.807, 2.05) is 0 Å². The van der Waals surface area contributed by atoms with Crippen molar-refractivity contribution in [1.29, 1.82) is 0 Å². The van der Waals surface area contributed by atoms with Crippen LogP contribution in [0.2, 0.25) is 0 Å². The smallest absolute Gasteiger partial charge is 0.329 e.